The van der Waals surface area contributed by atoms with Crippen LogP contribution in [0.3, 0.4) is 0 Å². The molecular weight excluding hydrogens is 383 g/mol. The largest absolute Gasteiger partial charge is 0.382 e. The Morgan fingerprint density at radius 3 is 2.70 bits per heavy atom. The molecule has 0 saturated carbocycles. The smallest absolute Gasteiger partial charge is 0.256 e. The van der Waals surface area contributed by atoms with E-state index in [0.717, 1.165) is 22.5 Å². The van der Waals surface area contributed by atoms with Crippen LogP contribution in [0.4, 0.5) is 10.1 Å². The first-order valence-electron chi connectivity index (χ1n) is 9.76. The SMILES string of the molecule is C=C(NC(C)CC(=O)N(C)C)c1c(C)[nH]c(/C=C2\C(=O)Nc3ccc(F)cc32)c1C. The van der Waals surface area contributed by atoms with E-state index in [0.29, 0.717) is 28.9 Å². The van der Waals surface area contributed by atoms with Crippen molar-refractivity contribution in [1.29, 1.82) is 0 Å². The number of hydrogen-bond acceptors (Lipinski definition) is 3. The minimum Gasteiger partial charge on any atom is -0.382 e. The predicted octanol–water partition coefficient (Wildman–Crippen LogP) is 3.69. The number of aromatic amines is 1. The molecule has 6 nitrogen and oxygen atoms in total. The minimum atomic E-state index is -0.393. The van der Waals surface area contributed by atoms with Crippen LogP contribution in [0.1, 0.15) is 41.4 Å². The summed E-state index contributed by atoms with van der Waals surface area (Å²) in [5, 5.41) is 6.05. The third-order valence-electron chi connectivity index (χ3n) is 5.23. The molecule has 2 amide bonds. The minimum absolute atomic E-state index is 0.0360. The Morgan fingerprint density at radius 1 is 1.33 bits per heavy atom. The Morgan fingerprint density at radius 2 is 2.03 bits per heavy atom. The van der Waals surface area contributed by atoms with Crippen molar-refractivity contribution >= 4 is 34.8 Å². The van der Waals surface area contributed by atoms with Crippen molar-refractivity contribution in [2.24, 2.45) is 0 Å². The van der Waals surface area contributed by atoms with Crippen LogP contribution < -0.4 is 10.6 Å². The summed E-state index contributed by atoms with van der Waals surface area (Å²) in [6.45, 7) is 9.94. The number of amides is 2. The van der Waals surface area contributed by atoms with Gasteiger partial charge in [-0.05, 0) is 50.6 Å². The summed E-state index contributed by atoms with van der Waals surface area (Å²) in [7, 11) is 3.46. The molecule has 0 fully saturated rings. The van der Waals surface area contributed by atoms with E-state index in [9.17, 15) is 14.0 Å². The van der Waals surface area contributed by atoms with Crippen LogP contribution in [0.2, 0.25) is 0 Å². The number of carbonyl (C=O) groups excluding carboxylic acids is 2. The van der Waals surface area contributed by atoms with Crippen LogP contribution in [-0.4, -0.2) is 41.8 Å². The van der Waals surface area contributed by atoms with E-state index in [1.54, 1.807) is 31.1 Å². The lowest BCUT2D eigenvalue weighted by atomic mass is 10.0. The lowest BCUT2D eigenvalue weighted by molar-refractivity contribution is -0.129. The second kappa shape index (κ2) is 8.18. The number of H-pyrrole nitrogens is 1. The third-order valence-corrected chi connectivity index (χ3v) is 5.23. The molecule has 0 radical (unpaired) electrons. The molecule has 0 saturated heterocycles. The quantitative estimate of drug-likeness (QED) is 0.636. The van der Waals surface area contributed by atoms with Crippen LogP contribution in [0, 0.1) is 19.7 Å². The molecule has 7 heteroatoms. The summed E-state index contributed by atoms with van der Waals surface area (Å²) in [5.41, 5.74) is 5.71. The maximum atomic E-state index is 13.7. The van der Waals surface area contributed by atoms with E-state index in [1.807, 2.05) is 20.8 Å². The lowest BCUT2D eigenvalue weighted by Gasteiger charge is -2.19. The number of benzene rings is 1. The zero-order valence-electron chi connectivity index (χ0n) is 17.9. The van der Waals surface area contributed by atoms with Gasteiger partial charge in [-0.15, -0.1) is 0 Å². The molecule has 1 aromatic heterocycles. The highest BCUT2D eigenvalue weighted by molar-refractivity contribution is 6.34. The van der Waals surface area contributed by atoms with Gasteiger partial charge in [0.25, 0.3) is 5.91 Å². The Bertz CT molecular complexity index is 1070. The van der Waals surface area contributed by atoms with E-state index in [4.69, 9.17) is 0 Å². The fraction of sp³-hybridized carbons (Fsp3) is 0.304. The molecule has 30 heavy (non-hydrogen) atoms. The molecule has 1 unspecified atom stereocenters. The van der Waals surface area contributed by atoms with Gasteiger partial charge in [0.15, 0.2) is 0 Å². The predicted molar refractivity (Wildman–Crippen MR) is 118 cm³/mol. The molecule has 2 heterocycles. The van der Waals surface area contributed by atoms with E-state index in [2.05, 4.69) is 22.2 Å². The highest BCUT2D eigenvalue weighted by Crippen LogP contribution is 2.35. The molecule has 3 N–H and O–H groups in total. The Balaban J connectivity index is 1.87. The molecule has 1 aliphatic heterocycles. The molecule has 1 aliphatic rings. The molecule has 0 spiro atoms. The first-order valence-corrected chi connectivity index (χ1v) is 9.76. The molecule has 0 aliphatic carbocycles. The van der Waals surface area contributed by atoms with Crippen LogP contribution in [0.15, 0.2) is 24.8 Å². The van der Waals surface area contributed by atoms with Crippen LogP contribution in [0.5, 0.6) is 0 Å². The van der Waals surface area contributed by atoms with Gasteiger partial charge in [0.1, 0.15) is 5.82 Å². The summed E-state index contributed by atoms with van der Waals surface area (Å²) in [6, 6.07) is 4.15. The topological polar surface area (TPSA) is 77.2 Å². The number of anilines is 1. The van der Waals surface area contributed by atoms with Crippen LogP contribution in [0.25, 0.3) is 17.3 Å². The average molecular weight is 410 g/mol. The van der Waals surface area contributed by atoms with E-state index in [-0.39, 0.29) is 17.9 Å². The summed E-state index contributed by atoms with van der Waals surface area (Å²) < 4.78 is 13.7. The highest BCUT2D eigenvalue weighted by Gasteiger charge is 2.25. The van der Waals surface area contributed by atoms with Gasteiger partial charge in [-0.2, -0.15) is 0 Å². The Hall–Kier alpha value is -3.35. The van der Waals surface area contributed by atoms with Gasteiger partial charge < -0.3 is 20.5 Å². The summed E-state index contributed by atoms with van der Waals surface area (Å²) in [4.78, 5) is 29.2. The van der Waals surface area contributed by atoms with E-state index in [1.165, 1.54) is 12.1 Å². The molecule has 2 aromatic rings. The van der Waals surface area contributed by atoms with Crippen LogP contribution >= 0.6 is 0 Å². The van der Waals surface area contributed by atoms with Crippen molar-refractivity contribution in [2.45, 2.75) is 33.2 Å². The van der Waals surface area contributed by atoms with Crippen molar-refractivity contribution in [1.82, 2.24) is 15.2 Å². The third kappa shape index (κ3) is 4.15. The standard InChI is InChI=1S/C23H27FN4O2/c1-12(9-21(29)28(5)6)25-14(3)22-13(2)20(26-15(22)4)11-18-17-10-16(24)7-8-19(17)27-23(18)30/h7-8,10-12,25-26H,3,9H2,1-2,4-6H3,(H,27,30)/b18-11-. The molecule has 1 aromatic carbocycles. The Kier molecular flexibility index (Phi) is 5.82. The first-order chi connectivity index (χ1) is 14.1. The highest BCUT2D eigenvalue weighted by atomic mass is 19.1. The maximum absolute atomic E-state index is 13.7. The lowest BCUT2D eigenvalue weighted by Crippen LogP contribution is -2.32. The number of carbonyl (C=O) groups is 2. The van der Waals surface area contributed by atoms with Gasteiger partial charge in [-0.1, -0.05) is 6.58 Å². The first kappa shape index (κ1) is 21.4. The number of fused-ring (bicyclic) bond motifs is 1. The van der Waals surface area contributed by atoms with Gasteiger partial charge in [0.05, 0.1) is 5.57 Å². The molecule has 1 atom stereocenters. The van der Waals surface area contributed by atoms with Crippen molar-refractivity contribution in [3.05, 3.63) is 58.7 Å². The normalized spacial score (nSPS) is 15.0. The summed E-state index contributed by atoms with van der Waals surface area (Å²) >= 11 is 0. The van der Waals surface area contributed by atoms with E-state index >= 15 is 0 Å². The second-order valence-electron chi connectivity index (χ2n) is 7.88. The number of aromatic nitrogens is 1. The van der Waals surface area contributed by atoms with E-state index < -0.39 is 5.82 Å². The maximum Gasteiger partial charge on any atom is 0.256 e. The number of halogens is 1. The van der Waals surface area contributed by atoms with Crippen molar-refractivity contribution in [3.63, 3.8) is 0 Å². The summed E-state index contributed by atoms with van der Waals surface area (Å²) in [6.07, 6.45) is 2.09. The summed E-state index contributed by atoms with van der Waals surface area (Å²) in [5.74, 6) is -0.625. The van der Waals surface area contributed by atoms with Gasteiger partial charge in [-0.25, -0.2) is 4.39 Å². The fourth-order valence-corrected chi connectivity index (χ4v) is 3.68. The van der Waals surface area contributed by atoms with Gasteiger partial charge in [0.2, 0.25) is 5.91 Å². The zero-order chi connectivity index (χ0) is 22.2. The molecule has 0 bridgehead atoms. The van der Waals surface area contributed by atoms with Gasteiger partial charge >= 0.3 is 0 Å². The second-order valence-corrected chi connectivity index (χ2v) is 7.88. The van der Waals surface area contributed by atoms with Crippen molar-refractivity contribution in [3.8, 4) is 0 Å². The van der Waals surface area contributed by atoms with Gasteiger partial charge in [0, 0.05) is 60.5 Å². The van der Waals surface area contributed by atoms with Crippen molar-refractivity contribution < 1.29 is 14.0 Å². The monoisotopic (exact) mass is 410 g/mol. The van der Waals surface area contributed by atoms with Crippen LogP contribution in [-0.2, 0) is 9.59 Å². The molecular formula is C23H27FN4O2. The number of hydrogen-bond donors (Lipinski definition) is 3. The number of nitrogens with zero attached hydrogens (tertiary/aromatic N) is 1. The number of rotatable bonds is 6. The number of nitrogens with one attached hydrogen (secondary N) is 3. The Labute approximate surface area is 175 Å². The number of aryl methyl sites for hydroxylation is 1. The average Bonchev–Trinajstić information content (AvgIpc) is 3.10. The zero-order valence-corrected chi connectivity index (χ0v) is 17.9. The molecule has 158 valence electrons. The van der Waals surface area contributed by atoms with Crippen molar-refractivity contribution in [2.75, 3.05) is 19.4 Å². The fourth-order valence-electron chi connectivity index (χ4n) is 3.68. The van der Waals surface area contributed by atoms with Gasteiger partial charge in [-0.3, -0.25) is 9.59 Å². The molecule has 3 rings (SSSR count).